The highest BCUT2D eigenvalue weighted by Gasteiger charge is 2.08. The Morgan fingerprint density at radius 1 is 1.25 bits per heavy atom. The van der Waals surface area contributed by atoms with Crippen LogP contribution in [0.5, 0.6) is 0 Å². The van der Waals surface area contributed by atoms with Crippen LogP contribution in [0.3, 0.4) is 0 Å². The smallest absolute Gasteiger partial charge is 0.250 e. The van der Waals surface area contributed by atoms with Gasteiger partial charge in [0.15, 0.2) is 0 Å². The first kappa shape index (κ1) is 9.16. The number of carbonyl (C=O) groups excluding carboxylic acids is 1. The largest absolute Gasteiger partial charge is 0.398 e. The molecule has 4 N–H and O–H groups in total. The maximum absolute atomic E-state index is 10.7. The zero-order valence-electron chi connectivity index (χ0n) is 5.97. The highest BCUT2D eigenvalue weighted by atomic mass is 35.5. The summed E-state index contributed by atoms with van der Waals surface area (Å²) in [7, 11) is 0. The summed E-state index contributed by atoms with van der Waals surface area (Å²) in [6.07, 6.45) is 0. The number of anilines is 1. The van der Waals surface area contributed by atoms with Gasteiger partial charge in [-0.3, -0.25) is 4.79 Å². The SMILES string of the molecule is NC(=O)c1cc(N)c(Cl)cc1Cl. The topological polar surface area (TPSA) is 69.1 Å². The zero-order chi connectivity index (χ0) is 9.30. The molecule has 0 radical (unpaired) electrons. The van der Waals surface area contributed by atoms with Crippen LogP contribution in [0.25, 0.3) is 0 Å². The minimum Gasteiger partial charge on any atom is -0.398 e. The summed E-state index contributed by atoms with van der Waals surface area (Å²) in [5.74, 6) is -0.622. The summed E-state index contributed by atoms with van der Waals surface area (Å²) in [4.78, 5) is 10.7. The van der Waals surface area contributed by atoms with E-state index in [1.807, 2.05) is 0 Å². The van der Waals surface area contributed by atoms with Crippen LogP contribution in [0.4, 0.5) is 5.69 Å². The van der Waals surface area contributed by atoms with Crippen LogP contribution in [0.1, 0.15) is 10.4 Å². The summed E-state index contributed by atoms with van der Waals surface area (Å²) >= 11 is 11.3. The molecule has 1 aromatic carbocycles. The van der Waals surface area contributed by atoms with E-state index >= 15 is 0 Å². The number of nitrogens with two attached hydrogens (primary N) is 2. The lowest BCUT2D eigenvalue weighted by Crippen LogP contribution is -2.12. The van der Waals surface area contributed by atoms with E-state index in [4.69, 9.17) is 34.7 Å². The number of hydrogen-bond donors (Lipinski definition) is 2. The van der Waals surface area contributed by atoms with Crippen molar-refractivity contribution in [3.05, 3.63) is 27.7 Å². The molecular formula is C7H6Cl2N2O. The summed E-state index contributed by atoms with van der Waals surface area (Å²) in [6.45, 7) is 0. The van der Waals surface area contributed by atoms with E-state index in [-0.39, 0.29) is 16.3 Å². The Hall–Kier alpha value is -0.930. The van der Waals surface area contributed by atoms with Crippen molar-refractivity contribution in [2.24, 2.45) is 5.73 Å². The quantitative estimate of drug-likeness (QED) is 0.684. The second-order valence-electron chi connectivity index (χ2n) is 2.22. The van der Waals surface area contributed by atoms with E-state index in [1.54, 1.807) is 0 Å². The predicted octanol–water partition coefficient (Wildman–Crippen LogP) is 1.67. The van der Waals surface area contributed by atoms with Crippen LogP contribution in [0.2, 0.25) is 10.0 Å². The van der Waals surface area contributed by atoms with Crippen LogP contribution in [-0.4, -0.2) is 5.91 Å². The molecule has 0 aliphatic rings. The van der Waals surface area contributed by atoms with E-state index in [0.29, 0.717) is 5.02 Å². The standard InChI is InChI=1S/C7H6Cl2N2O/c8-4-2-5(9)6(10)1-3(4)7(11)12/h1-2H,10H2,(H2,11,12). The van der Waals surface area contributed by atoms with Gasteiger partial charge in [0.1, 0.15) is 0 Å². The van der Waals surface area contributed by atoms with Crippen molar-refractivity contribution in [1.82, 2.24) is 0 Å². The van der Waals surface area contributed by atoms with Crippen LogP contribution >= 0.6 is 23.2 Å². The van der Waals surface area contributed by atoms with Crippen molar-refractivity contribution < 1.29 is 4.79 Å². The lowest BCUT2D eigenvalue weighted by molar-refractivity contribution is 0.100. The van der Waals surface area contributed by atoms with E-state index in [2.05, 4.69) is 0 Å². The van der Waals surface area contributed by atoms with Crippen molar-refractivity contribution in [3.63, 3.8) is 0 Å². The maximum atomic E-state index is 10.7. The van der Waals surface area contributed by atoms with E-state index in [0.717, 1.165) is 0 Å². The monoisotopic (exact) mass is 204 g/mol. The van der Waals surface area contributed by atoms with Gasteiger partial charge in [0.05, 0.1) is 21.3 Å². The van der Waals surface area contributed by atoms with Crippen molar-refractivity contribution in [1.29, 1.82) is 0 Å². The maximum Gasteiger partial charge on any atom is 0.250 e. The van der Waals surface area contributed by atoms with Gasteiger partial charge in [-0.05, 0) is 12.1 Å². The molecule has 1 rings (SSSR count). The number of primary amides is 1. The first-order valence-corrected chi connectivity index (χ1v) is 3.82. The fraction of sp³-hybridized carbons (Fsp3) is 0. The van der Waals surface area contributed by atoms with Gasteiger partial charge in [-0.25, -0.2) is 0 Å². The number of amides is 1. The molecule has 0 heterocycles. The van der Waals surface area contributed by atoms with E-state index < -0.39 is 5.91 Å². The summed E-state index contributed by atoms with van der Waals surface area (Å²) in [5.41, 5.74) is 10.9. The number of hydrogen-bond acceptors (Lipinski definition) is 2. The Morgan fingerprint density at radius 3 is 2.33 bits per heavy atom. The third-order valence-electron chi connectivity index (χ3n) is 1.35. The van der Waals surface area contributed by atoms with E-state index in [1.165, 1.54) is 12.1 Å². The average Bonchev–Trinajstić information content (AvgIpc) is 1.96. The zero-order valence-corrected chi connectivity index (χ0v) is 7.49. The number of benzene rings is 1. The Labute approximate surface area is 79.2 Å². The number of rotatable bonds is 1. The molecule has 0 unspecified atom stereocenters. The fourth-order valence-corrected chi connectivity index (χ4v) is 1.23. The Morgan fingerprint density at radius 2 is 1.83 bits per heavy atom. The Balaban J connectivity index is 3.33. The molecule has 0 saturated heterocycles. The predicted molar refractivity (Wildman–Crippen MR) is 49.4 cm³/mol. The molecule has 64 valence electrons. The normalized spacial score (nSPS) is 9.83. The van der Waals surface area contributed by atoms with Crippen molar-refractivity contribution >= 4 is 34.8 Å². The summed E-state index contributed by atoms with van der Waals surface area (Å²) in [6, 6.07) is 2.74. The molecule has 12 heavy (non-hydrogen) atoms. The van der Waals surface area contributed by atoms with Crippen molar-refractivity contribution in [2.45, 2.75) is 0 Å². The van der Waals surface area contributed by atoms with Crippen LogP contribution in [0, 0.1) is 0 Å². The van der Waals surface area contributed by atoms with Crippen LogP contribution in [0.15, 0.2) is 12.1 Å². The number of nitrogen functional groups attached to an aromatic ring is 1. The molecule has 0 aromatic heterocycles. The lowest BCUT2D eigenvalue weighted by Gasteiger charge is -2.02. The fourth-order valence-electron chi connectivity index (χ4n) is 0.755. The van der Waals surface area contributed by atoms with E-state index in [9.17, 15) is 4.79 Å². The Kier molecular flexibility index (Phi) is 2.45. The molecular weight excluding hydrogens is 199 g/mol. The average molecular weight is 205 g/mol. The van der Waals surface area contributed by atoms with Crippen molar-refractivity contribution in [3.8, 4) is 0 Å². The highest BCUT2D eigenvalue weighted by Crippen LogP contribution is 2.26. The molecule has 0 atom stereocenters. The van der Waals surface area contributed by atoms with Crippen molar-refractivity contribution in [2.75, 3.05) is 5.73 Å². The summed E-state index contributed by atoms with van der Waals surface area (Å²) < 4.78 is 0. The highest BCUT2D eigenvalue weighted by molar-refractivity contribution is 6.38. The van der Waals surface area contributed by atoms with Gasteiger partial charge in [0.25, 0.3) is 0 Å². The molecule has 1 amide bonds. The second-order valence-corrected chi connectivity index (χ2v) is 3.03. The van der Waals surface area contributed by atoms with Gasteiger partial charge in [-0.1, -0.05) is 23.2 Å². The summed E-state index contributed by atoms with van der Waals surface area (Å²) in [5, 5.41) is 0.520. The number of carbonyl (C=O) groups is 1. The minimum atomic E-state index is -0.622. The molecule has 0 fully saturated rings. The molecule has 0 spiro atoms. The molecule has 5 heteroatoms. The molecule has 3 nitrogen and oxygen atoms in total. The third-order valence-corrected chi connectivity index (χ3v) is 1.99. The molecule has 0 aliphatic heterocycles. The molecule has 0 saturated carbocycles. The van der Waals surface area contributed by atoms with Crippen LogP contribution < -0.4 is 11.5 Å². The molecule has 0 aliphatic carbocycles. The minimum absolute atomic E-state index is 0.179. The van der Waals surface area contributed by atoms with Gasteiger partial charge in [-0.15, -0.1) is 0 Å². The van der Waals surface area contributed by atoms with Gasteiger partial charge < -0.3 is 11.5 Å². The van der Waals surface area contributed by atoms with Gasteiger partial charge in [0.2, 0.25) is 5.91 Å². The lowest BCUT2D eigenvalue weighted by atomic mass is 10.2. The molecule has 1 aromatic rings. The number of halogens is 2. The van der Waals surface area contributed by atoms with Crippen LogP contribution in [-0.2, 0) is 0 Å². The second kappa shape index (κ2) is 3.21. The molecule has 0 bridgehead atoms. The first-order chi connectivity index (χ1) is 5.52. The van der Waals surface area contributed by atoms with Gasteiger partial charge in [0, 0.05) is 0 Å². The Bertz CT molecular complexity index is 338. The first-order valence-electron chi connectivity index (χ1n) is 3.06. The van der Waals surface area contributed by atoms with Gasteiger partial charge >= 0.3 is 0 Å². The third kappa shape index (κ3) is 1.62. The van der Waals surface area contributed by atoms with Gasteiger partial charge in [-0.2, -0.15) is 0 Å².